The smallest absolute Gasteiger partial charge is 0.183 e. The van der Waals surface area contributed by atoms with E-state index in [2.05, 4.69) is 139 Å². The minimum Gasteiger partial charge on any atom is -0.405 e. The monoisotopic (exact) mass is 543 g/mol. The molecule has 2 rings (SSSR count). The Bertz CT molecular complexity index is 979. The van der Waals surface area contributed by atoms with Crippen molar-refractivity contribution in [2.24, 2.45) is 0 Å². The second-order valence-corrected chi connectivity index (χ2v) is 30.4. The number of hydrogen-bond acceptors (Lipinski definition) is 5. The highest BCUT2D eigenvalue weighted by Crippen LogP contribution is 2.72. The average molecular weight is 544 g/mol. The zero-order chi connectivity index (χ0) is 29.3. The highest BCUT2D eigenvalue weighted by Gasteiger charge is 2.74. The third kappa shape index (κ3) is 4.70. The highest BCUT2D eigenvalue weighted by atomic mass is 28.4. The van der Waals surface area contributed by atoms with E-state index in [0.717, 1.165) is 11.3 Å². The van der Waals surface area contributed by atoms with Crippen molar-refractivity contribution in [3.05, 3.63) is 18.7 Å². The molecule has 0 bridgehead atoms. The number of aromatic nitrogens is 4. The summed E-state index contributed by atoms with van der Waals surface area (Å²) in [4.78, 5) is 19.1. The third-order valence-electron chi connectivity index (χ3n) is 8.62. The van der Waals surface area contributed by atoms with Gasteiger partial charge in [-0.2, -0.15) is 0 Å². The molecule has 0 saturated carbocycles. The van der Waals surface area contributed by atoms with Gasteiger partial charge in [0.25, 0.3) is 0 Å². The van der Waals surface area contributed by atoms with Crippen LogP contribution >= 0.6 is 0 Å². The van der Waals surface area contributed by atoms with Gasteiger partial charge >= 0.3 is 0 Å². The van der Waals surface area contributed by atoms with Crippen molar-refractivity contribution in [3.8, 4) is 0 Å². The van der Waals surface area contributed by atoms with Crippen LogP contribution in [0.15, 0.2) is 18.7 Å². The van der Waals surface area contributed by atoms with Gasteiger partial charge in [0.1, 0.15) is 17.7 Å². The fourth-order valence-corrected chi connectivity index (χ4v) is 36.7. The summed E-state index contributed by atoms with van der Waals surface area (Å²) in [6.45, 7) is 44.9. The molecule has 37 heavy (non-hydrogen) atoms. The first kappa shape index (κ1) is 31.9. The van der Waals surface area contributed by atoms with Crippen molar-refractivity contribution in [2.45, 2.75) is 155 Å². The van der Waals surface area contributed by atoms with Crippen LogP contribution in [0, 0.1) is 0 Å². The van der Waals surface area contributed by atoms with Gasteiger partial charge in [0, 0.05) is 0 Å². The summed E-state index contributed by atoms with van der Waals surface area (Å²) in [5.74, 6) is 1.00. The maximum absolute atomic E-state index is 5.37. The fourth-order valence-electron chi connectivity index (χ4n) is 10.2. The summed E-state index contributed by atoms with van der Waals surface area (Å²) in [6.07, 6.45) is 5.41. The minimum absolute atomic E-state index is 0.0335. The Labute approximate surface area is 230 Å². The molecule has 0 aliphatic carbocycles. The van der Waals surface area contributed by atoms with Crippen molar-refractivity contribution in [2.75, 3.05) is 4.23 Å². The number of rotatable bonds is 3. The maximum Gasteiger partial charge on any atom is 0.183 e. The van der Waals surface area contributed by atoms with Gasteiger partial charge in [-0.3, -0.25) is 0 Å². The Kier molecular flexibility index (Phi) is 7.84. The zero-order valence-electron chi connectivity index (χ0n) is 27.5. The lowest BCUT2D eigenvalue weighted by Crippen LogP contribution is -2.83. The molecular weight excluding hydrogens is 487 g/mol. The number of fused-ring (bicyclic) bond motifs is 1. The molecule has 0 saturated heterocycles. The molecule has 0 aromatic carbocycles. The Hall–Kier alpha value is -1.35. The van der Waals surface area contributed by atoms with E-state index >= 15 is 0 Å². The van der Waals surface area contributed by atoms with Gasteiger partial charge in [-0.25, -0.2) is 19.9 Å². The quantitative estimate of drug-likeness (QED) is 0.360. The lowest BCUT2D eigenvalue weighted by Gasteiger charge is -2.75. The number of hydrogen-bond donors (Lipinski definition) is 0. The van der Waals surface area contributed by atoms with Crippen LogP contribution in [-0.4, -0.2) is 36.4 Å². The lowest BCUT2D eigenvalue weighted by molar-refractivity contribution is 0.496. The standard InChI is InChI=1S/C30H57N5Si2/c1-25(2,3)36(26(4,5)6,27(7,8)9)35(23-20-32-22-19-31-21-33-24(22)34-23)37(28(10,11)12,29(13,14)15)30(16,17)18/h19-21H,1-18H3. The average Bonchev–Trinajstić information content (AvgIpc) is 2.60. The minimum atomic E-state index is -2.57. The van der Waals surface area contributed by atoms with Crippen LogP contribution in [-0.2, 0) is 0 Å². The first-order valence-electron chi connectivity index (χ1n) is 13.9. The predicted octanol–water partition coefficient (Wildman–Crippen LogP) is 9.92. The van der Waals surface area contributed by atoms with Crippen molar-refractivity contribution < 1.29 is 0 Å². The van der Waals surface area contributed by atoms with Crippen molar-refractivity contribution >= 4 is 33.5 Å². The van der Waals surface area contributed by atoms with Crippen LogP contribution in [0.25, 0.3) is 11.2 Å². The van der Waals surface area contributed by atoms with Crippen molar-refractivity contribution in [1.82, 2.24) is 19.9 Å². The molecule has 2 aromatic rings. The molecule has 2 heterocycles. The van der Waals surface area contributed by atoms with Gasteiger partial charge in [0.15, 0.2) is 22.1 Å². The van der Waals surface area contributed by atoms with E-state index in [0.29, 0.717) is 5.65 Å². The molecule has 0 radical (unpaired) electrons. The van der Waals surface area contributed by atoms with Crippen LogP contribution in [0.4, 0.5) is 5.82 Å². The molecule has 210 valence electrons. The normalized spacial score (nSPS) is 15.3. The summed E-state index contributed by atoms with van der Waals surface area (Å²) in [5.41, 5.74) is 1.42. The molecule has 0 unspecified atom stereocenters. The van der Waals surface area contributed by atoms with E-state index in [4.69, 9.17) is 9.97 Å². The molecule has 0 atom stereocenters. The summed E-state index contributed by atoms with van der Waals surface area (Å²) in [5, 5.41) is 0.201. The molecule has 2 aromatic heterocycles. The van der Waals surface area contributed by atoms with Gasteiger partial charge in [-0.05, 0) is 30.2 Å². The van der Waals surface area contributed by atoms with Gasteiger partial charge in [-0.15, -0.1) is 0 Å². The van der Waals surface area contributed by atoms with Gasteiger partial charge in [-0.1, -0.05) is 125 Å². The van der Waals surface area contributed by atoms with Gasteiger partial charge in [0.2, 0.25) is 0 Å². The summed E-state index contributed by atoms with van der Waals surface area (Å²) in [6, 6.07) is 0. The number of anilines is 1. The fraction of sp³-hybridized carbons (Fsp3) is 0.800. The summed E-state index contributed by atoms with van der Waals surface area (Å²) >= 11 is 0. The van der Waals surface area contributed by atoms with Crippen molar-refractivity contribution in [1.29, 1.82) is 0 Å². The number of nitrogens with zero attached hydrogens (tertiary/aromatic N) is 5. The predicted molar refractivity (Wildman–Crippen MR) is 167 cm³/mol. The molecule has 7 heteroatoms. The Balaban J connectivity index is 3.45. The molecule has 0 aliphatic heterocycles. The first-order chi connectivity index (χ1) is 16.2. The van der Waals surface area contributed by atoms with E-state index in [1.54, 1.807) is 12.5 Å². The lowest BCUT2D eigenvalue weighted by atomic mass is 10.2. The zero-order valence-corrected chi connectivity index (χ0v) is 29.5. The molecule has 0 aliphatic rings. The molecule has 0 fully saturated rings. The topological polar surface area (TPSA) is 54.8 Å². The summed E-state index contributed by atoms with van der Waals surface area (Å²) in [7, 11) is -5.15. The molecule has 0 N–H and O–H groups in total. The Morgan fingerprint density at radius 2 is 0.865 bits per heavy atom. The third-order valence-corrected chi connectivity index (χ3v) is 25.5. The molecule has 0 amide bonds. The molecule has 5 nitrogen and oxygen atoms in total. The van der Waals surface area contributed by atoms with Crippen LogP contribution in [0.3, 0.4) is 0 Å². The highest BCUT2D eigenvalue weighted by molar-refractivity contribution is 7.08. The van der Waals surface area contributed by atoms with Gasteiger partial charge in [0.05, 0.1) is 12.4 Å². The first-order valence-corrected chi connectivity index (χ1v) is 17.8. The maximum atomic E-state index is 5.37. The van der Waals surface area contributed by atoms with Crippen LogP contribution < -0.4 is 4.23 Å². The van der Waals surface area contributed by atoms with Crippen LogP contribution in [0.2, 0.25) is 30.2 Å². The SMILES string of the molecule is CC(C)(C)[Si](N(c1cnc2cncnc2n1)[Si](C(C)(C)C)(C(C)(C)C)C(C)(C)C)(C(C)(C)C)C(C)(C)C. The summed E-state index contributed by atoms with van der Waals surface area (Å²) < 4.78 is 3.04. The Morgan fingerprint density at radius 3 is 1.19 bits per heavy atom. The van der Waals surface area contributed by atoms with E-state index in [1.165, 1.54) is 0 Å². The largest absolute Gasteiger partial charge is 0.405 e. The van der Waals surface area contributed by atoms with E-state index in [9.17, 15) is 0 Å². The van der Waals surface area contributed by atoms with Crippen LogP contribution in [0.5, 0.6) is 0 Å². The second kappa shape index (κ2) is 9.11. The van der Waals surface area contributed by atoms with E-state index < -0.39 is 16.5 Å². The molecular formula is C30H57N5Si2. The Morgan fingerprint density at radius 1 is 0.514 bits per heavy atom. The van der Waals surface area contributed by atoms with Gasteiger partial charge < -0.3 is 4.23 Å². The van der Waals surface area contributed by atoms with E-state index in [1.807, 2.05) is 6.20 Å². The second-order valence-electron chi connectivity index (χ2n) is 17.2. The van der Waals surface area contributed by atoms with Crippen LogP contribution in [0.1, 0.15) is 125 Å². The van der Waals surface area contributed by atoms with Crippen molar-refractivity contribution in [3.63, 3.8) is 0 Å². The van der Waals surface area contributed by atoms with E-state index in [-0.39, 0.29) is 30.2 Å². The molecule has 0 spiro atoms.